The summed E-state index contributed by atoms with van der Waals surface area (Å²) < 4.78 is 61.4. The minimum Gasteiger partial charge on any atom is -0.463 e. The predicted octanol–water partition coefficient (Wildman–Crippen LogP) is 26.7. The number of aliphatic hydroxyl groups excluding tert-OH is 2. The van der Waals surface area contributed by atoms with Gasteiger partial charge in [-0.15, -0.1) is 0 Å². The summed E-state index contributed by atoms with van der Waals surface area (Å²) in [5.41, 5.74) is 0. The van der Waals surface area contributed by atoms with Gasteiger partial charge in [-0.05, 0) is 161 Å². The normalized spacial score (nSPS) is 14.8. The van der Waals surface area contributed by atoms with Gasteiger partial charge in [-0.3, -0.25) is 32.5 Å². The average molecular weight is 1620 g/mol. The molecule has 18 heteroatoms. The summed E-state index contributed by atoms with van der Waals surface area (Å²) in [6.07, 6.45) is 113. The van der Waals surface area contributed by atoms with Crippen LogP contribution in [0.1, 0.15) is 329 Å². The van der Waals surface area contributed by atoms with Crippen molar-refractivity contribution < 1.29 is 75.8 Å². The zero-order valence-corrected chi connectivity index (χ0v) is 72.3. The molecule has 0 fully saturated rings. The van der Waals surface area contributed by atoms with Crippen LogP contribution in [-0.2, 0) is 55.8 Å². The van der Waals surface area contributed by atoms with Crippen molar-refractivity contribution in [2.75, 3.05) is 39.6 Å². The molecule has 5 atom stereocenters. The first-order valence-corrected chi connectivity index (χ1v) is 46.7. The minimum absolute atomic E-state index is 0.0743. The first-order valence-electron chi connectivity index (χ1n) is 43.7. The van der Waals surface area contributed by atoms with Gasteiger partial charge in [0.1, 0.15) is 25.4 Å². The van der Waals surface area contributed by atoms with Gasteiger partial charge >= 0.3 is 33.6 Å². The highest BCUT2D eigenvalue weighted by molar-refractivity contribution is 7.47. The zero-order chi connectivity index (χ0) is 82.2. The van der Waals surface area contributed by atoms with Gasteiger partial charge in [0, 0.05) is 19.3 Å². The van der Waals surface area contributed by atoms with Crippen LogP contribution in [0.5, 0.6) is 0 Å². The quantitative estimate of drug-likeness (QED) is 0.0146. The highest BCUT2D eigenvalue weighted by atomic mass is 31.2. The number of carbonyl (C=O) groups excluding carboxylic acids is 3. The molecule has 0 radical (unpaired) electrons. The summed E-state index contributed by atoms with van der Waals surface area (Å²) >= 11 is 0. The third kappa shape index (κ3) is 87.1. The lowest BCUT2D eigenvalue weighted by Crippen LogP contribution is -2.30. The van der Waals surface area contributed by atoms with Crippen molar-refractivity contribution in [3.05, 3.63) is 194 Å². The molecule has 0 aromatic rings. The van der Waals surface area contributed by atoms with Crippen LogP contribution in [0.4, 0.5) is 0 Å². The number of unbranched alkanes of at least 4 members (excludes halogenated alkanes) is 26. The summed E-state index contributed by atoms with van der Waals surface area (Å²) in [4.78, 5) is 58.9. The van der Waals surface area contributed by atoms with E-state index in [0.29, 0.717) is 19.3 Å². The van der Waals surface area contributed by atoms with Crippen molar-refractivity contribution in [1.29, 1.82) is 0 Å². The van der Waals surface area contributed by atoms with E-state index in [0.717, 1.165) is 193 Å². The molecule has 0 aromatic heterocycles. The van der Waals surface area contributed by atoms with E-state index in [9.17, 15) is 43.5 Å². The Morgan fingerprint density at radius 1 is 0.248 bits per heavy atom. The van der Waals surface area contributed by atoms with E-state index >= 15 is 0 Å². The minimum atomic E-state index is -4.95. The second-order valence-corrected chi connectivity index (χ2v) is 31.5. The van der Waals surface area contributed by atoms with E-state index in [1.54, 1.807) is 0 Å². The SMILES string of the molecule is CC/C=C\C/C=C\C/C=C\C/C=C\C/C=C\C/C=C\CCCCCCCCCCCCCCC(=O)OCC(O)COP(=O)(O)OCC(O)COP(=O)(O)OCC(COC(=O)CCCCCCCCCCC/C=C\C/C=C\C/C=C\C/C=C\C/C=C\CC)OC(=O)CCCCCCC/C=C\C/C=C\C/C=C\C/C=C\C/C=C\CC. The van der Waals surface area contributed by atoms with E-state index < -0.39 is 91.5 Å². The molecule has 0 rings (SSSR count). The van der Waals surface area contributed by atoms with E-state index in [1.165, 1.54) is 77.0 Å². The van der Waals surface area contributed by atoms with Crippen LogP contribution in [-0.4, -0.2) is 95.9 Å². The molecular formula is C95H156O16P2. The monoisotopic (exact) mass is 1620 g/mol. The van der Waals surface area contributed by atoms with E-state index in [2.05, 4.69) is 215 Å². The lowest BCUT2D eigenvalue weighted by atomic mass is 10.0. The largest absolute Gasteiger partial charge is 0.472 e. The van der Waals surface area contributed by atoms with Crippen LogP contribution in [0.15, 0.2) is 194 Å². The maximum Gasteiger partial charge on any atom is 0.472 e. The van der Waals surface area contributed by atoms with E-state index in [4.69, 9.17) is 32.3 Å². The fraction of sp³-hybridized carbons (Fsp3) is 0.632. The summed E-state index contributed by atoms with van der Waals surface area (Å²) in [7, 11) is -9.82. The molecule has 0 aliphatic heterocycles. The molecule has 0 amide bonds. The number of phosphoric ester groups is 2. The van der Waals surface area contributed by atoms with Crippen LogP contribution in [0.3, 0.4) is 0 Å². The number of aliphatic hydroxyl groups is 2. The molecule has 0 bridgehead atoms. The second-order valence-electron chi connectivity index (χ2n) is 28.5. The number of ether oxygens (including phenoxy) is 3. The van der Waals surface area contributed by atoms with Crippen LogP contribution >= 0.6 is 15.6 Å². The number of carbonyl (C=O) groups is 3. The predicted molar refractivity (Wildman–Crippen MR) is 472 cm³/mol. The molecule has 0 saturated heterocycles. The zero-order valence-electron chi connectivity index (χ0n) is 70.5. The van der Waals surface area contributed by atoms with Gasteiger partial charge in [0.25, 0.3) is 0 Å². The van der Waals surface area contributed by atoms with Gasteiger partial charge in [-0.2, -0.15) is 0 Å². The topological polar surface area (TPSA) is 231 Å². The van der Waals surface area contributed by atoms with E-state index in [1.807, 2.05) is 0 Å². The molecule has 0 saturated carbocycles. The number of rotatable bonds is 81. The summed E-state index contributed by atoms with van der Waals surface area (Å²) in [5, 5.41) is 20.7. The van der Waals surface area contributed by atoms with Gasteiger partial charge in [0.05, 0.1) is 26.4 Å². The summed E-state index contributed by atoms with van der Waals surface area (Å²) in [5.74, 6) is -1.61. The van der Waals surface area contributed by atoms with Crippen molar-refractivity contribution in [1.82, 2.24) is 0 Å². The summed E-state index contributed by atoms with van der Waals surface area (Å²) in [6.45, 7) is 2.32. The van der Waals surface area contributed by atoms with Crippen LogP contribution < -0.4 is 0 Å². The van der Waals surface area contributed by atoms with Crippen molar-refractivity contribution >= 4 is 33.6 Å². The number of esters is 3. The number of hydrogen-bond donors (Lipinski definition) is 4. The van der Waals surface area contributed by atoms with Gasteiger partial charge in [-0.1, -0.05) is 344 Å². The first kappa shape index (κ1) is 107. The number of allylic oxidation sites excluding steroid dienone is 32. The number of phosphoric acid groups is 2. The molecule has 642 valence electrons. The molecule has 5 unspecified atom stereocenters. The Morgan fingerprint density at radius 3 is 0.699 bits per heavy atom. The molecule has 113 heavy (non-hydrogen) atoms. The average Bonchev–Trinajstić information content (AvgIpc) is 0.900. The lowest BCUT2D eigenvalue weighted by Gasteiger charge is -2.21. The smallest absolute Gasteiger partial charge is 0.463 e. The van der Waals surface area contributed by atoms with Crippen molar-refractivity contribution in [3.8, 4) is 0 Å². The van der Waals surface area contributed by atoms with Crippen LogP contribution in [0, 0.1) is 0 Å². The molecule has 0 aliphatic rings. The fourth-order valence-corrected chi connectivity index (χ4v) is 12.9. The Labute approximate surface area is 687 Å². The van der Waals surface area contributed by atoms with Gasteiger partial charge in [0.15, 0.2) is 6.10 Å². The van der Waals surface area contributed by atoms with Gasteiger partial charge < -0.3 is 34.2 Å². The standard InChI is InChI=1S/C95H156O16P2/c1-4-7-10-13-16-19-22-25-28-31-34-37-39-41-42-43-44-45-46-48-50-52-54-57-60-63-66-69-72-75-78-81-93(98)105-84-90(96)85-107-112(101,102)108-86-91(97)87-109-113(103,104)110-89-92(111-95(100)83-80-77-74-71-68-65-62-59-56-51-36-33-30-27-24-21-18-15-12-9-6-3)88-106-94(99)82-79-76-73-70-67-64-61-58-55-53-49-47-40-38-35-32-29-26-23-20-17-14-11-8-5-2/h7-12,16-21,25-30,34-38,41-42,44-45,47,49,51,59,62,90-92,96-97H,4-6,13-15,22-24,31-33,39-40,43,46,48,50,52-58,60-61,63-89H2,1-3H3,(H,101,102)(H,103,104)/b10-7-,11-8-,12-9-,19-16-,20-17-,21-18-,28-25-,29-26-,30-27-,37-34-,38-35-,42-41-,45-44-,49-47-,51-36-,62-59-. The Bertz CT molecular complexity index is 2830. The highest BCUT2D eigenvalue weighted by Crippen LogP contribution is 2.45. The molecule has 4 N–H and O–H groups in total. The second kappa shape index (κ2) is 85.8. The highest BCUT2D eigenvalue weighted by Gasteiger charge is 2.29. The van der Waals surface area contributed by atoms with Crippen LogP contribution in [0.2, 0.25) is 0 Å². The maximum atomic E-state index is 13.0. The third-order valence-corrected chi connectivity index (χ3v) is 19.7. The van der Waals surface area contributed by atoms with Gasteiger partial charge in [-0.25, -0.2) is 9.13 Å². The first-order chi connectivity index (χ1) is 55.2. The molecular weight excluding hydrogens is 1460 g/mol. The Morgan fingerprint density at radius 2 is 0.442 bits per heavy atom. The van der Waals surface area contributed by atoms with E-state index in [-0.39, 0.29) is 19.3 Å². The Kier molecular flexibility index (Phi) is 81.5. The third-order valence-electron chi connectivity index (χ3n) is 17.8. The molecule has 0 aliphatic carbocycles. The van der Waals surface area contributed by atoms with Crippen molar-refractivity contribution in [2.24, 2.45) is 0 Å². The van der Waals surface area contributed by atoms with Crippen molar-refractivity contribution in [2.45, 2.75) is 347 Å². The lowest BCUT2D eigenvalue weighted by molar-refractivity contribution is -0.161. The van der Waals surface area contributed by atoms with Gasteiger partial charge in [0.2, 0.25) is 0 Å². The Balaban J connectivity index is 4.64. The maximum absolute atomic E-state index is 13.0. The molecule has 0 spiro atoms. The summed E-state index contributed by atoms with van der Waals surface area (Å²) in [6, 6.07) is 0. The van der Waals surface area contributed by atoms with Crippen molar-refractivity contribution in [3.63, 3.8) is 0 Å². The number of hydrogen-bond acceptors (Lipinski definition) is 14. The Hall–Kier alpha value is -5.61. The molecule has 0 aromatic carbocycles. The molecule has 16 nitrogen and oxygen atoms in total. The molecule has 0 heterocycles. The fourth-order valence-electron chi connectivity index (χ4n) is 11.3. The van der Waals surface area contributed by atoms with Crippen LogP contribution in [0.25, 0.3) is 0 Å².